The van der Waals surface area contributed by atoms with Crippen LogP contribution in [0.2, 0.25) is 0 Å². The van der Waals surface area contributed by atoms with E-state index < -0.39 is 18.0 Å². The number of amides is 4. The summed E-state index contributed by atoms with van der Waals surface area (Å²) in [5.74, 6) is -1.19. The largest absolute Gasteiger partial charge is 0.395 e. The number of nitrogens with one attached hydrogen (secondary N) is 4. The molecular formula is C32H64N4O5. The van der Waals surface area contributed by atoms with Crippen LogP contribution in [0.25, 0.3) is 0 Å². The summed E-state index contributed by atoms with van der Waals surface area (Å²) in [6, 6.07) is -1.49. The van der Waals surface area contributed by atoms with Gasteiger partial charge in [0.15, 0.2) is 0 Å². The fourth-order valence-corrected chi connectivity index (χ4v) is 4.92. The molecule has 1 rings (SSSR count). The quantitative estimate of drug-likeness (QED) is 0.0929. The predicted molar refractivity (Wildman–Crippen MR) is 168 cm³/mol. The first-order chi connectivity index (χ1) is 19.0. The van der Waals surface area contributed by atoms with E-state index >= 15 is 0 Å². The molecule has 1 saturated heterocycles. The molecular weight excluding hydrogens is 520 g/mol. The van der Waals surface area contributed by atoms with Gasteiger partial charge in [-0.1, -0.05) is 118 Å². The van der Waals surface area contributed by atoms with Gasteiger partial charge in [-0.15, -0.1) is 0 Å². The topological polar surface area (TPSA) is 137 Å². The highest BCUT2D eigenvalue weighted by Crippen LogP contribution is 2.14. The predicted octanol–water partition coefficient (Wildman–Crippen LogP) is 5.29. The third-order valence-electron chi connectivity index (χ3n) is 7.37. The molecule has 1 heterocycles. The van der Waals surface area contributed by atoms with Crippen molar-refractivity contribution in [3.8, 4) is 0 Å². The Labute approximate surface area is 251 Å². The lowest BCUT2D eigenvalue weighted by Crippen LogP contribution is -2.52. The average molecular weight is 585 g/mol. The van der Waals surface area contributed by atoms with Gasteiger partial charge in [0.05, 0.1) is 6.61 Å². The van der Waals surface area contributed by atoms with Gasteiger partial charge in [-0.05, 0) is 19.3 Å². The first-order valence-corrected chi connectivity index (χ1v) is 15.7. The van der Waals surface area contributed by atoms with Crippen LogP contribution in [0, 0.1) is 0 Å². The van der Waals surface area contributed by atoms with Crippen LogP contribution in [-0.4, -0.2) is 60.5 Å². The first-order valence-electron chi connectivity index (χ1n) is 15.7. The molecule has 0 spiro atoms. The number of carbonyl (C=O) groups is 4. The van der Waals surface area contributed by atoms with Gasteiger partial charge >= 0.3 is 0 Å². The molecule has 0 bridgehead atoms. The minimum absolute atomic E-state index is 0. The Morgan fingerprint density at radius 3 is 1.78 bits per heavy atom. The lowest BCUT2D eigenvalue weighted by atomic mass is 10.0. The van der Waals surface area contributed by atoms with Crippen molar-refractivity contribution in [2.45, 2.75) is 162 Å². The Morgan fingerprint density at radius 2 is 1.32 bits per heavy atom. The Bertz CT molecular complexity index is 689. The highest BCUT2D eigenvalue weighted by Gasteiger charge is 2.30. The summed E-state index contributed by atoms with van der Waals surface area (Å²) in [6.45, 7) is 2.78. The van der Waals surface area contributed by atoms with E-state index in [-0.39, 0.29) is 65.0 Å². The Morgan fingerprint density at radius 1 is 0.805 bits per heavy atom. The number of hydrogen-bond donors (Lipinski definition) is 5. The van der Waals surface area contributed by atoms with E-state index in [1.165, 1.54) is 83.5 Å². The van der Waals surface area contributed by atoms with Gasteiger partial charge < -0.3 is 26.4 Å². The van der Waals surface area contributed by atoms with Crippen LogP contribution >= 0.6 is 0 Å². The Kier molecular flexibility index (Phi) is 28.0. The summed E-state index contributed by atoms with van der Waals surface area (Å²) >= 11 is 0. The van der Waals surface area contributed by atoms with Crippen LogP contribution in [0.15, 0.2) is 0 Å². The molecule has 9 nitrogen and oxygen atoms in total. The standard InChI is InChI=1S/C30H56N4O5.2CH4/c1-2-3-4-5-6-7-8-9-10-11-12-13-14-15-16-17-22-32-29(38)25(18-20-27(36)31-23-24-35)34-30(39)26-19-21-28(37)33-26;;/h25-26,35H,2-24H2,1H3,(H,31,36)(H,32,38)(H,33,37)(H,34,39);2*1H4. The van der Waals surface area contributed by atoms with E-state index in [2.05, 4.69) is 28.2 Å². The zero-order chi connectivity index (χ0) is 28.6. The summed E-state index contributed by atoms with van der Waals surface area (Å²) in [4.78, 5) is 48.6. The van der Waals surface area contributed by atoms with Crippen LogP contribution < -0.4 is 21.3 Å². The minimum Gasteiger partial charge on any atom is -0.395 e. The molecule has 1 aliphatic heterocycles. The summed E-state index contributed by atoms with van der Waals surface area (Å²) in [6.07, 6.45) is 21.5. The molecule has 4 amide bonds. The summed E-state index contributed by atoms with van der Waals surface area (Å²) in [7, 11) is 0. The molecule has 0 radical (unpaired) electrons. The van der Waals surface area contributed by atoms with Crippen molar-refractivity contribution < 1.29 is 24.3 Å². The molecule has 0 aromatic heterocycles. The minimum atomic E-state index is -0.851. The molecule has 2 atom stereocenters. The van der Waals surface area contributed by atoms with Gasteiger partial charge in [0.25, 0.3) is 0 Å². The number of unbranched alkanes of at least 4 members (excludes halogenated alkanes) is 15. The number of aliphatic hydroxyl groups is 1. The third kappa shape index (κ3) is 22.2. The van der Waals surface area contributed by atoms with Crippen LogP contribution in [0.5, 0.6) is 0 Å². The van der Waals surface area contributed by atoms with E-state index in [0.717, 1.165) is 19.3 Å². The van der Waals surface area contributed by atoms with Crippen molar-refractivity contribution in [3.63, 3.8) is 0 Å². The monoisotopic (exact) mass is 584 g/mol. The SMILES string of the molecule is C.C.CCCCCCCCCCCCCCCCCCNC(=O)C(CCC(=O)NCCO)NC(=O)C1CCC(=O)N1. The first kappa shape index (κ1) is 41.0. The molecule has 0 aromatic carbocycles. The second-order valence-corrected chi connectivity index (χ2v) is 10.9. The summed E-state index contributed by atoms with van der Waals surface area (Å²) in [5.41, 5.74) is 0. The zero-order valence-electron chi connectivity index (χ0n) is 24.5. The van der Waals surface area contributed by atoms with Crippen LogP contribution in [-0.2, 0) is 19.2 Å². The van der Waals surface area contributed by atoms with Crippen molar-refractivity contribution in [1.29, 1.82) is 0 Å². The van der Waals surface area contributed by atoms with Crippen molar-refractivity contribution in [2.75, 3.05) is 19.7 Å². The third-order valence-corrected chi connectivity index (χ3v) is 7.37. The number of aliphatic hydroxyl groups excluding tert-OH is 1. The molecule has 0 saturated carbocycles. The van der Waals surface area contributed by atoms with Crippen molar-refractivity contribution in [1.82, 2.24) is 21.3 Å². The lowest BCUT2D eigenvalue weighted by molar-refractivity contribution is -0.131. The zero-order valence-corrected chi connectivity index (χ0v) is 24.5. The molecule has 0 aromatic rings. The maximum absolute atomic E-state index is 12.8. The van der Waals surface area contributed by atoms with Gasteiger partial charge in [0, 0.05) is 25.9 Å². The van der Waals surface area contributed by atoms with E-state index in [0.29, 0.717) is 13.0 Å². The molecule has 5 N–H and O–H groups in total. The highest BCUT2D eigenvalue weighted by atomic mass is 16.3. The van der Waals surface area contributed by atoms with Crippen LogP contribution in [0.3, 0.4) is 0 Å². The van der Waals surface area contributed by atoms with Gasteiger partial charge in [0.2, 0.25) is 23.6 Å². The second-order valence-electron chi connectivity index (χ2n) is 10.9. The second kappa shape index (κ2) is 28.0. The van der Waals surface area contributed by atoms with Crippen LogP contribution in [0.1, 0.15) is 150 Å². The van der Waals surface area contributed by atoms with E-state index in [1.807, 2.05) is 0 Å². The summed E-state index contributed by atoms with van der Waals surface area (Å²) in [5, 5.41) is 19.6. The van der Waals surface area contributed by atoms with E-state index in [1.54, 1.807) is 0 Å². The van der Waals surface area contributed by atoms with Gasteiger partial charge in [-0.25, -0.2) is 0 Å². The number of rotatable bonds is 25. The molecule has 1 aliphatic rings. The van der Waals surface area contributed by atoms with Crippen LogP contribution in [0.4, 0.5) is 0 Å². The summed E-state index contributed by atoms with van der Waals surface area (Å²) < 4.78 is 0. The van der Waals surface area contributed by atoms with Gasteiger partial charge in [0.1, 0.15) is 12.1 Å². The maximum Gasteiger partial charge on any atom is 0.243 e. The van der Waals surface area contributed by atoms with Crippen molar-refractivity contribution >= 4 is 23.6 Å². The number of hydrogen-bond acceptors (Lipinski definition) is 5. The number of carbonyl (C=O) groups excluding carboxylic acids is 4. The van der Waals surface area contributed by atoms with Gasteiger partial charge in [-0.2, -0.15) is 0 Å². The van der Waals surface area contributed by atoms with E-state index in [9.17, 15) is 19.2 Å². The van der Waals surface area contributed by atoms with Crippen molar-refractivity contribution in [2.24, 2.45) is 0 Å². The highest BCUT2D eigenvalue weighted by molar-refractivity contribution is 5.94. The Hall–Kier alpha value is -2.16. The average Bonchev–Trinajstić information content (AvgIpc) is 3.37. The molecule has 0 aliphatic carbocycles. The fourth-order valence-electron chi connectivity index (χ4n) is 4.92. The Balaban J connectivity index is 0. The fraction of sp³-hybridized carbons (Fsp3) is 0.875. The molecule has 1 fully saturated rings. The normalized spacial score (nSPS) is 14.8. The molecule has 2 unspecified atom stereocenters. The molecule has 9 heteroatoms. The van der Waals surface area contributed by atoms with Gasteiger partial charge in [-0.3, -0.25) is 19.2 Å². The van der Waals surface area contributed by atoms with E-state index in [4.69, 9.17) is 5.11 Å². The maximum atomic E-state index is 12.8. The van der Waals surface area contributed by atoms with Crippen molar-refractivity contribution in [3.05, 3.63) is 0 Å². The molecule has 242 valence electrons. The lowest BCUT2D eigenvalue weighted by Gasteiger charge is -2.20. The smallest absolute Gasteiger partial charge is 0.243 e. The molecule has 41 heavy (non-hydrogen) atoms.